The van der Waals surface area contributed by atoms with Gasteiger partial charge in [0.05, 0.1) is 16.2 Å². The zero-order chi connectivity index (χ0) is 23.2. The standard InChI is InChI=1S/C26H22N2O4S/c1-2-17-9-13-21(14-10-17)27-26-28-24(29)23(33-26)15-20-5-3-4-6-22(20)32-16-18-7-11-19(12-8-18)25(30)31/h3-15H,2,16H2,1H3,(H,30,31)(H,27,28,29)/b23-15-. The van der Waals surface area contributed by atoms with Crippen molar-refractivity contribution >= 4 is 40.6 Å². The van der Waals surface area contributed by atoms with E-state index in [1.807, 2.05) is 48.5 Å². The van der Waals surface area contributed by atoms with E-state index in [2.05, 4.69) is 17.2 Å². The highest BCUT2D eigenvalue weighted by atomic mass is 32.2. The number of benzene rings is 3. The molecule has 0 aliphatic carbocycles. The highest BCUT2D eigenvalue weighted by Crippen LogP contribution is 2.31. The second-order valence-electron chi connectivity index (χ2n) is 7.33. The van der Waals surface area contributed by atoms with Gasteiger partial charge in [-0.3, -0.25) is 4.79 Å². The summed E-state index contributed by atoms with van der Waals surface area (Å²) in [4.78, 5) is 28.5. The number of nitrogens with zero attached hydrogens (tertiary/aromatic N) is 1. The first kappa shape index (κ1) is 22.4. The minimum atomic E-state index is -0.965. The Morgan fingerprint density at radius 2 is 1.73 bits per heavy atom. The average Bonchev–Trinajstić information content (AvgIpc) is 3.17. The number of ether oxygens (including phenoxy) is 1. The summed E-state index contributed by atoms with van der Waals surface area (Å²) in [7, 11) is 0. The first-order valence-corrected chi connectivity index (χ1v) is 11.3. The number of carboxylic acids is 1. The number of hydrogen-bond acceptors (Lipinski definition) is 5. The maximum Gasteiger partial charge on any atom is 0.335 e. The third-order valence-electron chi connectivity index (χ3n) is 5.03. The Bertz CT molecular complexity index is 1230. The summed E-state index contributed by atoms with van der Waals surface area (Å²) in [5.74, 6) is -0.545. The van der Waals surface area contributed by atoms with Crippen LogP contribution in [0.1, 0.15) is 34.0 Å². The fourth-order valence-corrected chi connectivity index (χ4v) is 4.01. The van der Waals surface area contributed by atoms with Gasteiger partial charge in [-0.2, -0.15) is 0 Å². The Labute approximate surface area is 196 Å². The Morgan fingerprint density at radius 1 is 1.03 bits per heavy atom. The molecule has 0 spiro atoms. The third kappa shape index (κ3) is 5.70. The van der Waals surface area contributed by atoms with Gasteiger partial charge in [0, 0.05) is 5.56 Å². The second-order valence-corrected chi connectivity index (χ2v) is 8.36. The van der Waals surface area contributed by atoms with Crippen LogP contribution >= 0.6 is 11.8 Å². The number of aromatic carboxylic acids is 1. The number of rotatable bonds is 7. The minimum absolute atomic E-state index is 0.206. The summed E-state index contributed by atoms with van der Waals surface area (Å²) < 4.78 is 5.95. The summed E-state index contributed by atoms with van der Waals surface area (Å²) in [5.41, 5.74) is 3.86. The van der Waals surface area contributed by atoms with E-state index in [9.17, 15) is 9.59 Å². The highest BCUT2D eigenvalue weighted by molar-refractivity contribution is 8.18. The lowest BCUT2D eigenvalue weighted by Crippen LogP contribution is -2.19. The van der Waals surface area contributed by atoms with E-state index in [0.29, 0.717) is 15.8 Å². The number of carbonyl (C=O) groups excluding carboxylic acids is 1. The molecule has 3 aromatic rings. The van der Waals surface area contributed by atoms with Crippen LogP contribution in [0.15, 0.2) is 82.7 Å². The van der Waals surface area contributed by atoms with Gasteiger partial charge in [0.25, 0.3) is 5.91 Å². The fourth-order valence-electron chi connectivity index (χ4n) is 3.18. The fraction of sp³-hybridized carbons (Fsp3) is 0.115. The van der Waals surface area contributed by atoms with E-state index >= 15 is 0 Å². The molecule has 0 saturated carbocycles. The lowest BCUT2D eigenvalue weighted by Gasteiger charge is -2.10. The van der Waals surface area contributed by atoms with E-state index in [1.165, 1.54) is 17.3 Å². The number of carbonyl (C=O) groups is 2. The molecule has 2 N–H and O–H groups in total. The summed E-state index contributed by atoms with van der Waals surface area (Å²) in [6.45, 7) is 2.38. The molecule has 0 radical (unpaired) electrons. The number of thioether (sulfide) groups is 1. The Kier molecular flexibility index (Phi) is 6.90. The maximum atomic E-state index is 12.5. The monoisotopic (exact) mass is 458 g/mol. The molecular formula is C26H22N2O4S. The van der Waals surface area contributed by atoms with Crippen molar-refractivity contribution in [1.29, 1.82) is 0 Å². The molecule has 0 unspecified atom stereocenters. The topological polar surface area (TPSA) is 88.0 Å². The lowest BCUT2D eigenvalue weighted by atomic mass is 10.1. The SMILES string of the molecule is CCc1ccc(N=C2NC(=O)/C(=C/c3ccccc3OCc3ccc(C(=O)O)cc3)S2)cc1. The number of hydrogen-bond donors (Lipinski definition) is 2. The highest BCUT2D eigenvalue weighted by Gasteiger charge is 2.24. The first-order chi connectivity index (χ1) is 16.0. The normalized spacial score (nSPS) is 15.6. The molecule has 1 amide bonds. The largest absolute Gasteiger partial charge is 0.488 e. The molecule has 3 aromatic carbocycles. The minimum Gasteiger partial charge on any atom is -0.488 e. The average molecular weight is 459 g/mol. The van der Waals surface area contributed by atoms with Crippen molar-refractivity contribution in [2.75, 3.05) is 0 Å². The van der Waals surface area contributed by atoms with Gasteiger partial charge in [-0.1, -0.05) is 49.4 Å². The van der Waals surface area contributed by atoms with Gasteiger partial charge in [-0.15, -0.1) is 0 Å². The van der Waals surface area contributed by atoms with E-state index in [4.69, 9.17) is 9.84 Å². The van der Waals surface area contributed by atoms with Crippen molar-refractivity contribution < 1.29 is 19.4 Å². The number of aryl methyl sites for hydroxylation is 1. The zero-order valence-electron chi connectivity index (χ0n) is 17.9. The van der Waals surface area contributed by atoms with Gasteiger partial charge in [0.1, 0.15) is 12.4 Å². The molecule has 166 valence electrons. The molecule has 1 heterocycles. The van der Waals surface area contributed by atoms with Crippen molar-refractivity contribution in [2.24, 2.45) is 4.99 Å². The molecule has 0 atom stereocenters. The molecule has 1 saturated heterocycles. The third-order valence-corrected chi connectivity index (χ3v) is 5.94. The van der Waals surface area contributed by atoms with Crippen molar-refractivity contribution in [3.05, 3.63) is 100.0 Å². The molecular weight excluding hydrogens is 436 g/mol. The predicted octanol–water partition coefficient (Wildman–Crippen LogP) is 5.42. The molecule has 1 aliphatic heterocycles. The van der Waals surface area contributed by atoms with Crippen LogP contribution < -0.4 is 10.1 Å². The quantitative estimate of drug-likeness (QED) is 0.462. The van der Waals surface area contributed by atoms with Gasteiger partial charge < -0.3 is 15.2 Å². The first-order valence-electron chi connectivity index (χ1n) is 10.4. The number of carboxylic acid groups (broad SMARTS) is 1. The van der Waals surface area contributed by atoms with Crippen LogP contribution in [0, 0.1) is 0 Å². The Hall–Kier alpha value is -3.84. The van der Waals surface area contributed by atoms with Crippen molar-refractivity contribution in [2.45, 2.75) is 20.0 Å². The van der Waals surface area contributed by atoms with E-state index < -0.39 is 5.97 Å². The number of aliphatic imine (C=N–C) groups is 1. The van der Waals surface area contributed by atoms with Crippen LogP contribution in [-0.4, -0.2) is 22.2 Å². The smallest absolute Gasteiger partial charge is 0.335 e. The molecule has 7 heteroatoms. The zero-order valence-corrected chi connectivity index (χ0v) is 18.8. The van der Waals surface area contributed by atoms with E-state index in [0.717, 1.165) is 23.2 Å². The van der Waals surface area contributed by atoms with Crippen molar-refractivity contribution in [3.8, 4) is 5.75 Å². The van der Waals surface area contributed by atoms with Gasteiger partial charge in [0.15, 0.2) is 5.17 Å². The van der Waals surface area contributed by atoms with Gasteiger partial charge in [0.2, 0.25) is 0 Å². The number of nitrogens with one attached hydrogen (secondary N) is 1. The second kappa shape index (κ2) is 10.2. The van der Waals surface area contributed by atoms with Crippen LogP contribution in [0.3, 0.4) is 0 Å². The van der Waals surface area contributed by atoms with Crippen LogP contribution in [0.5, 0.6) is 5.75 Å². The van der Waals surface area contributed by atoms with Crippen molar-refractivity contribution in [1.82, 2.24) is 5.32 Å². The van der Waals surface area contributed by atoms with E-state index in [1.54, 1.807) is 30.3 Å². The Morgan fingerprint density at radius 3 is 2.42 bits per heavy atom. The van der Waals surface area contributed by atoms with Crippen LogP contribution in [0.25, 0.3) is 6.08 Å². The molecule has 1 aliphatic rings. The molecule has 0 aromatic heterocycles. The van der Waals surface area contributed by atoms with Gasteiger partial charge in [-0.25, -0.2) is 9.79 Å². The van der Waals surface area contributed by atoms with Crippen LogP contribution in [-0.2, 0) is 17.8 Å². The van der Waals surface area contributed by atoms with Crippen LogP contribution in [0.4, 0.5) is 5.69 Å². The van der Waals surface area contributed by atoms with Crippen molar-refractivity contribution in [3.63, 3.8) is 0 Å². The number of para-hydroxylation sites is 1. The summed E-state index contributed by atoms with van der Waals surface area (Å²) >= 11 is 1.29. The number of amides is 1. The Balaban J connectivity index is 1.48. The van der Waals surface area contributed by atoms with Gasteiger partial charge >= 0.3 is 5.97 Å². The predicted molar refractivity (Wildman–Crippen MR) is 131 cm³/mol. The summed E-state index contributed by atoms with van der Waals surface area (Å²) in [5, 5.41) is 12.4. The molecule has 0 bridgehead atoms. The van der Waals surface area contributed by atoms with E-state index in [-0.39, 0.29) is 18.1 Å². The molecule has 33 heavy (non-hydrogen) atoms. The number of amidine groups is 1. The van der Waals surface area contributed by atoms with Crippen LogP contribution in [0.2, 0.25) is 0 Å². The molecule has 1 fully saturated rings. The summed E-state index contributed by atoms with van der Waals surface area (Å²) in [6.07, 6.45) is 2.75. The molecule has 6 nitrogen and oxygen atoms in total. The summed E-state index contributed by atoms with van der Waals surface area (Å²) in [6, 6.07) is 21.9. The van der Waals surface area contributed by atoms with Gasteiger partial charge in [-0.05, 0) is 65.7 Å². The molecule has 4 rings (SSSR count). The maximum absolute atomic E-state index is 12.5. The lowest BCUT2D eigenvalue weighted by molar-refractivity contribution is -0.115.